The van der Waals surface area contributed by atoms with Crippen LogP contribution in [0.25, 0.3) is 16.8 Å². The standard InChI is InChI=1S/C21H25N3O3/c1-23(2)13-14-27-21-20(16-5-9-18(25-3)10-6-16)15-24(22-21)17-7-11-19(26-4)12-8-17/h5-12,15H,13-14H2,1-4H3. The Morgan fingerprint density at radius 2 is 1.48 bits per heavy atom. The van der Waals surface area contributed by atoms with Gasteiger partial charge in [-0.1, -0.05) is 12.1 Å². The number of methoxy groups -OCH3 is 2. The molecule has 0 spiro atoms. The number of rotatable bonds is 8. The van der Waals surface area contributed by atoms with Crippen molar-refractivity contribution in [1.29, 1.82) is 0 Å². The van der Waals surface area contributed by atoms with Gasteiger partial charge < -0.3 is 19.1 Å². The predicted molar refractivity (Wildman–Crippen MR) is 106 cm³/mol. The minimum Gasteiger partial charge on any atom is -0.497 e. The number of likely N-dealkylation sites (N-methyl/N-ethyl adjacent to an activating group) is 1. The van der Waals surface area contributed by atoms with Gasteiger partial charge in [0, 0.05) is 12.7 Å². The van der Waals surface area contributed by atoms with E-state index in [1.165, 1.54) is 0 Å². The molecule has 0 unspecified atom stereocenters. The molecule has 0 aliphatic rings. The third kappa shape index (κ3) is 4.60. The van der Waals surface area contributed by atoms with Gasteiger partial charge in [0.25, 0.3) is 0 Å². The second kappa shape index (κ2) is 8.60. The Morgan fingerprint density at radius 3 is 2.04 bits per heavy atom. The summed E-state index contributed by atoms with van der Waals surface area (Å²) in [6.45, 7) is 1.38. The third-order valence-corrected chi connectivity index (χ3v) is 4.20. The third-order valence-electron chi connectivity index (χ3n) is 4.20. The molecule has 0 saturated heterocycles. The number of ether oxygens (including phenoxy) is 3. The summed E-state index contributed by atoms with van der Waals surface area (Å²) in [5.41, 5.74) is 2.90. The molecule has 1 aromatic heterocycles. The smallest absolute Gasteiger partial charge is 0.241 e. The van der Waals surface area contributed by atoms with Gasteiger partial charge in [0.1, 0.15) is 18.1 Å². The highest BCUT2D eigenvalue weighted by Crippen LogP contribution is 2.31. The summed E-state index contributed by atoms with van der Waals surface area (Å²) in [6, 6.07) is 15.6. The molecular weight excluding hydrogens is 342 g/mol. The van der Waals surface area contributed by atoms with E-state index in [0.29, 0.717) is 12.5 Å². The molecule has 0 saturated carbocycles. The van der Waals surface area contributed by atoms with E-state index in [1.54, 1.807) is 14.2 Å². The number of hydrogen-bond acceptors (Lipinski definition) is 5. The molecule has 27 heavy (non-hydrogen) atoms. The number of aromatic nitrogens is 2. The van der Waals surface area contributed by atoms with E-state index in [2.05, 4.69) is 10.00 Å². The first-order chi connectivity index (χ1) is 13.1. The fourth-order valence-corrected chi connectivity index (χ4v) is 2.63. The Labute approximate surface area is 159 Å². The van der Waals surface area contributed by atoms with Crippen LogP contribution in [0.4, 0.5) is 0 Å². The Kier molecular flexibility index (Phi) is 5.98. The first-order valence-corrected chi connectivity index (χ1v) is 8.77. The average molecular weight is 367 g/mol. The average Bonchev–Trinajstić information content (AvgIpc) is 3.12. The zero-order valence-corrected chi connectivity index (χ0v) is 16.2. The highest BCUT2D eigenvalue weighted by molar-refractivity contribution is 5.69. The quantitative estimate of drug-likeness (QED) is 0.610. The number of nitrogens with zero attached hydrogens (tertiary/aromatic N) is 3. The van der Waals surface area contributed by atoms with Crippen LogP contribution >= 0.6 is 0 Å². The van der Waals surface area contributed by atoms with Crippen LogP contribution in [0.3, 0.4) is 0 Å². The van der Waals surface area contributed by atoms with E-state index < -0.39 is 0 Å². The van der Waals surface area contributed by atoms with E-state index in [9.17, 15) is 0 Å². The first kappa shape index (κ1) is 18.8. The Hall–Kier alpha value is -2.99. The molecule has 0 bridgehead atoms. The summed E-state index contributed by atoms with van der Waals surface area (Å²) in [6.07, 6.45) is 1.98. The van der Waals surface area contributed by atoms with Crippen molar-refractivity contribution in [3.8, 4) is 34.2 Å². The van der Waals surface area contributed by atoms with Gasteiger partial charge in [-0.3, -0.25) is 0 Å². The van der Waals surface area contributed by atoms with Gasteiger partial charge in [-0.25, -0.2) is 4.68 Å². The lowest BCUT2D eigenvalue weighted by molar-refractivity contribution is 0.253. The molecule has 3 aromatic rings. The molecule has 2 aromatic carbocycles. The SMILES string of the molecule is COc1ccc(-c2cn(-c3ccc(OC)cc3)nc2OCCN(C)C)cc1. The highest BCUT2D eigenvalue weighted by Gasteiger charge is 2.14. The van der Waals surface area contributed by atoms with Crippen molar-refractivity contribution in [3.05, 3.63) is 54.7 Å². The fourth-order valence-electron chi connectivity index (χ4n) is 2.63. The van der Waals surface area contributed by atoms with E-state index >= 15 is 0 Å². The number of benzene rings is 2. The molecule has 0 fully saturated rings. The van der Waals surface area contributed by atoms with Crippen LogP contribution < -0.4 is 14.2 Å². The topological polar surface area (TPSA) is 48.8 Å². The summed E-state index contributed by atoms with van der Waals surface area (Å²) in [4.78, 5) is 2.08. The summed E-state index contributed by atoms with van der Waals surface area (Å²) in [5, 5.41) is 4.66. The first-order valence-electron chi connectivity index (χ1n) is 8.77. The van der Waals surface area contributed by atoms with Crippen LogP contribution in [-0.4, -0.2) is 56.1 Å². The molecule has 0 N–H and O–H groups in total. The van der Waals surface area contributed by atoms with Crippen molar-refractivity contribution >= 4 is 0 Å². The van der Waals surface area contributed by atoms with E-state index in [1.807, 2.05) is 73.5 Å². The summed E-state index contributed by atoms with van der Waals surface area (Å²) in [5.74, 6) is 2.23. The van der Waals surface area contributed by atoms with Gasteiger partial charge in [0.05, 0.1) is 25.5 Å². The van der Waals surface area contributed by atoms with Crippen molar-refractivity contribution in [2.45, 2.75) is 0 Å². The Balaban J connectivity index is 1.93. The van der Waals surface area contributed by atoms with Gasteiger partial charge in [0.15, 0.2) is 0 Å². The van der Waals surface area contributed by atoms with Gasteiger partial charge in [-0.2, -0.15) is 0 Å². The van der Waals surface area contributed by atoms with Crippen molar-refractivity contribution < 1.29 is 14.2 Å². The maximum absolute atomic E-state index is 5.98. The van der Waals surface area contributed by atoms with Gasteiger partial charge in [-0.15, -0.1) is 5.10 Å². The van der Waals surface area contributed by atoms with Crippen LogP contribution in [0.2, 0.25) is 0 Å². The van der Waals surface area contributed by atoms with E-state index in [-0.39, 0.29) is 0 Å². The Morgan fingerprint density at radius 1 is 0.889 bits per heavy atom. The molecule has 142 valence electrons. The van der Waals surface area contributed by atoms with Crippen molar-refractivity contribution in [1.82, 2.24) is 14.7 Å². The summed E-state index contributed by atoms with van der Waals surface area (Å²) < 4.78 is 18.3. The Bertz CT molecular complexity index is 855. The molecule has 3 rings (SSSR count). The monoisotopic (exact) mass is 367 g/mol. The van der Waals surface area contributed by atoms with Crippen molar-refractivity contribution in [2.75, 3.05) is 41.5 Å². The normalized spacial score (nSPS) is 10.9. The maximum Gasteiger partial charge on any atom is 0.241 e. The van der Waals surface area contributed by atoms with Crippen LogP contribution in [0.5, 0.6) is 17.4 Å². The van der Waals surface area contributed by atoms with Crippen LogP contribution in [0.1, 0.15) is 0 Å². The lowest BCUT2D eigenvalue weighted by Crippen LogP contribution is -2.19. The molecule has 0 aliphatic carbocycles. The minimum absolute atomic E-state index is 0.565. The second-order valence-corrected chi connectivity index (χ2v) is 6.37. The second-order valence-electron chi connectivity index (χ2n) is 6.37. The summed E-state index contributed by atoms with van der Waals surface area (Å²) in [7, 11) is 7.35. The zero-order chi connectivity index (χ0) is 19.2. The molecule has 1 heterocycles. The van der Waals surface area contributed by atoms with Gasteiger partial charge >= 0.3 is 0 Å². The largest absolute Gasteiger partial charge is 0.497 e. The molecule has 0 radical (unpaired) electrons. The summed E-state index contributed by atoms with van der Waals surface area (Å²) >= 11 is 0. The molecular formula is C21H25N3O3. The lowest BCUT2D eigenvalue weighted by atomic mass is 10.1. The van der Waals surface area contributed by atoms with E-state index in [4.69, 9.17) is 14.2 Å². The molecule has 0 atom stereocenters. The molecule has 0 amide bonds. The molecule has 6 nitrogen and oxygen atoms in total. The van der Waals surface area contributed by atoms with E-state index in [0.717, 1.165) is 34.9 Å². The molecule has 0 aliphatic heterocycles. The zero-order valence-electron chi connectivity index (χ0n) is 16.2. The van der Waals surface area contributed by atoms with Crippen molar-refractivity contribution in [2.24, 2.45) is 0 Å². The van der Waals surface area contributed by atoms with Gasteiger partial charge in [0.2, 0.25) is 5.88 Å². The van der Waals surface area contributed by atoms with Crippen LogP contribution in [0.15, 0.2) is 54.7 Å². The fraction of sp³-hybridized carbons (Fsp3) is 0.286. The molecule has 6 heteroatoms. The number of hydrogen-bond donors (Lipinski definition) is 0. The minimum atomic E-state index is 0.565. The van der Waals surface area contributed by atoms with Crippen molar-refractivity contribution in [3.63, 3.8) is 0 Å². The van der Waals surface area contributed by atoms with Crippen LogP contribution in [0, 0.1) is 0 Å². The lowest BCUT2D eigenvalue weighted by Gasteiger charge is -2.10. The van der Waals surface area contributed by atoms with Gasteiger partial charge in [-0.05, 0) is 56.1 Å². The highest BCUT2D eigenvalue weighted by atomic mass is 16.5. The maximum atomic E-state index is 5.98. The predicted octanol–water partition coefficient (Wildman–Crippen LogP) is 3.50. The van der Waals surface area contributed by atoms with Crippen LogP contribution in [-0.2, 0) is 0 Å².